The van der Waals surface area contributed by atoms with Crippen molar-refractivity contribution < 1.29 is 4.92 Å². The van der Waals surface area contributed by atoms with Crippen LogP contribution >= 0.6 is 0 Å². The molecule has 0 fully saturated rings. The van der Waals surface area contributed by atoms with Crippen LogP contribution in [0.1, 0.15) is 31.0 Å². The molecule has 3 aromatic rings. The smallest absolute Gasteiger partial charge is 0.286 e. The monoisotopic (exact) mass is 324 g/mol. The molecule has 24 heavy (non-hydrogen) atoms. The molecule has 0 saturated carbocycles. The lowest BCUT2D eigenvalue weighted by molar-refractivity contribution is -0.385. The molecule has 0 aliphatic carbocycles. The number of nitro groups is 1. The van der Waals surface area contributed by atoms with Crippen molar-refractivity contribution in [3.8, 4) is 11.3 Å². The van der Waals surface area contributed by atoms with Gasteiger partial charge in [0.25, 0.3) is 5.69 Å². The summed E-state index contributed by atoms with van der Waals surface area (Å²) in [5.41, 5.74) is 10.5. The van der Waals surface area contributed by atoms with E-state index in [1.165, 1.54) is 17.8 Å². The molecule has 6 nitrogen and oxygen atoms in total. The summed E-state index contributed by atoms with van der Waals surface area (Å²) >= 11 is 0. The highest BCUT2D eigenvalue weighted by Gasteiger charge is 2.16. The van der Waals surface area contributed by atoms with E-state index in [0.717, 1.165) is 17.0 Å². The van der Waals surface area contributed by atoms with Crippen LogP contribution in [0.25, 0.3) is 16.9 Å². The Labute approximate surface area is 140 Å². The third-order valence-electron chi connectivity index (χ3n) is 4.14. The Balaban J connectivity index is 2.15. The number of rotatable bonds is 5. The van der Waals surface area contributed by atoms with Gasteiger partial charge in [0, 0.05) is 18.1 Å². The predicted octanol–water partition coefficient (Wildman–Crippen LogP) is 3.53. The molecule has 2 N–H and O–H groups in total. The van der Waals surface area contributed by atoms with Crippen LogP contribution in [0.2, 0.25) is 0 Å². The van der Waals surface area contributed by atoms with Crippen molar-refractivity contribution in [3.05, 3.63) is 64.0 Å². The zero-order valence-corrected chi connectivity index (χ0v) is 13.8. The summed E-state index contributed by atoms with van der Waals surface area (Å²) in [6.45, 7) is 4.76. The van der Waals surface area contributed by atoms with Crippen LogP contribution in [-0.2, 0) is 6.42 Å². The van der Waals surface area contributed by atoms with E-state index in [4.69, 9.17) is 5.73 Å². The zero-order chi connectivity index (χ0) is 17.3. The number of nitrogens with two attached hydrogens (primary N) is 1. The second kappa shape index (κ2) is 6.41. The molecule has 0 saturated heterocycles. The number of benzene rings is 1. The maximum Gasteiger partial charge on any atom is 0.286 e. The first-order chi connectivity index (χ1) is 11.5. The largest absolute Gasteiger partial charge is 0.330 e. The molecular weight excluding hydrogens is 304 g/mol. The van der Waals surface area contributed by atoms with Crippen molar-refractivity contribution in [3.63, 3.8) is 0 Å². The molecule has 3 rings (SSSR count). The molecule has 1 aromatic carbocycles. The molecule has 124 valence electrons. The highest BCUT2D eigenvalue weighted by molar-refractivity contribution is 5.67. The summed E-state index contributed by atoms with van der Waals surface area (Å²) in [6.07, 6.45) is 2.11. The molecule has 0 radical (unpaired) electrons. The summed E-state index contributed by atoms with van der Waals surface area (Å²) in [4.78, 5) is 15.3. The second-order valence-corrected chi connectivity index (χ2v) is 6.10. The Kier molecular flexibility index (Phi) is 4.31. The SMILES string of the molecule is CC(C)c1ccc(-c2nc3ccc([N+](=O)[O-])cn3c2CCN)cc1. The Morgan fingerprint density at radius 1 is 1.21 bits per heavy atom. The number of imidazole rings is 1. The Bertz CT molecular complexity index is 882. The quantitative estimate of drug-likeness (QED) is 0.574. The molecule has 0 spiro atoms. The van der Waals surface area contributed by atoms with E-state index < -0.39 is 4.92 Å². The number of fused-ring (bicyclic) bond motifs is 1. The fourth-order valence-electron chi connectivity index (χ4n) is 2.82. The molecule has 6 heteroatoms. The van der Waals surface area contributed by atoms with Gasteiger partial charge in [-0.25, -0.2) is 4.98 Å². The summed E-state index contributed by atoms with van der Waals surface area (Å²) in [7, 11) is 0. The first-order valence-electron chi connectivity index (χ1n) is 7.97. The Hall–Kier alpha value is -2.73. The van der Waals surface area contributed by atoms with Gasteiger partial charge in [0.2, 0.25) is 0 Å². The van der Waals surface area contributed by atoms with Gasteiger partial charge in [-0.3, -0.25) is 14.5 Å². The normalized spacial score (nSPS) is 11.3. The van der Waals surface area contributed by atoms with E-state index in [0.29, 0.717) is 24.5 Å². The molecule has 0 aliphatic rings. The van der Waals surface area contributed by atoms with E-state index in [1.54, 1.807) is 10.5 Å². The van der Waals surface area contributed by atoms with Crippen LogP contribution in [-0.4, -0.2) is 20.9 Å². The standard InChI is InChI=1S/C18H20N4O2/c1-12(2)13-3-5-14(6-4-13)18-16(9-10-19)21-11-15(22(23)24)7-8-17(21)20-18/h3-8,11-12H,9-10,19H2,1-2H3. The number of aromatic nitrogens is 2. The van der Waals surface area contributed by atoms with Crippen molar-refractivity contribution in [2.45, 2.75) is 26.2 Å². The minimum atomic E-state index is -0.400. The van der Waals surface area contributed by atoms with Crippen LogP contribution in [0.15, 0.2) is 42.6 Å². The number of hydrogen-bond donors (Lipinski definition) is 1. The topological polar surface area (TPSA) is 86.5 Å². The first-order valence-corrected chi connectivity index (χ1v) is 7.97. The lowest BCUT2D eigenvalue weighted by Crippen LogP contribution is -2.06. The van der Waals surface area contributed by atoms with E-state index in [9.17, 15) is 10.1 Å². The van der Waals surface area contributed by atoms with Crippen molar-refractivity contribution in [2.24, 2.45) is 5.73 Å². The van der Waals surface area contributed by atoms with E-state index in [1.807, 2.05) is 12.1 Å². The molecular formula is C18H20N4O2. The maximum atomic E-state index is 11.0. The van der Waals surface area contributed by atoms with Gasteiger partial charge in [0.15, 0.2) is 0 Å². The maximum absolute atomic E-state index is 11.0. The van der Waals surface area contributed by atoms with E-state index >= 15 is 0 Å². The fourth-order valence-corrected chi connectivity index (χ4v) is 2.82. The van der Waals surface area contributed by atoms with Gasteiger partial charge in [-0.2, -0.15) is 0 Å². The minimum absolute atomic E-state index is 0.0416. The first kappa shape index (κ1) is 16.1. The fraction of sp³-hybridized carbons (Fsp3) is 0.278. The molecule has 2 heterocycles. The lowest BCUT2D eigenvalue weighted by Gasteiger charge is -2.07. The van der Waals surface area contributed by atoms with Crippen molar-refractivity contribution in [2.75, 3.05) is 6.54 Å². The van der Waals surface area contributed by atoms with Crippen LogP contribution in [0.4, 0.5) is 5.69 Å². The van der Waals surface area contributed by atoms with Gasteiger partial charge < -0.3 is 5.73 Å². The molecule has 0 atom stereocenters. The van der Waals surface area contributed by atoms with Crippen LogP contribution in [0.3, 0.4) is 0 Å². The number of hydrogen-bond acceptors (Lipinski definition) is 4. The van der Waals surface area contributed by atoms with E-state index in [-0.39, 0.29) is 5.69 Å². The third-order valence-corrected chi connectivity index (χ3v) is 4.14. The van der Waals surface area contributed by atoms with Gasteiger partial charge >= 0.3 is 0 Å². The number of nitrogens with zero attached hydrogens (tertiary/aromatic N) is 3. The summed E-state index contributed by atoms with van der Waals surface area (Å²) in [5, 5.41) is 11.0. The highest BCUT2D eigenvalue weighted by Crippen LogP contribution is 2.28. The van der Waals surface area contributed by atoms with Crippen LogP contribution in [0.5, 0.6) is 0 Å². The molecule has 0 aliphatic heterocycles. The van der Waals surface area contributed by atoms with Gasteiger partial charge in [-0.1, -0.05) is 38.1 Å². The molecule has 0 bridgehead atoms. The average molecular weight is 324 g/mol. The zero-order valence-electron chi connectivity index (χ0n) is 13.8. The summed E-state index contributed by atoms with van der Waals surface area (Å²) in [6, 6.07) is 11.4. The van der Waals surface area contributed by atoms with Crippen LogP contribution < -0.4 is 5.73 Å². The van der Waals surface area contributed by atoms with Crippen molar-refractivity contribution >= 4 is 11.3 Å². The molecule has 0 unspecified atom stereocenters. The summed E-state index contributed by atoms with van der Waals surface area (Å²) < 4.78 is 1.77. The van der Waals surface area contributed by atoms with Gasteiger partial charge in [-0.15, -0.1) is 0 Å². The van der Waals surface area contributed by atoms with Gasteiger partial charge in [-0.05, 0) is 24.1 Å². The van der Waals surface area contributed by atoms with Crippen molar-refractivity contribution in [1.29, 1.82) is 0 Å². The predicted molar refractivity (Wildman–Crippen MR) is 94.1 cm³/mol. The highest BCUT2D eigenvalue weighted by atomic mass is 16.6. The molecule has 2 aromatic heterocycles. The Morgan fingerprint density at radius 3 is 2.50 bits per heavy atom. The van der Waals surface area contributed by atoms with Crippen LogP contribution in [0, 0.1) is 10.1 Å². The van der Waals surface area contributed by atoms with E-state index in [2.05, 4.69) is 31.0 Å². The Morgan fingerprint density at radius 2 is 1.92 bits per heavy atom. The van der Waals surface area contributed by atoms with Gasteiger partial charge in [0.05, 0.1) is 22.5 Å². The third kappa shape index (κ3) is 2.88. The summed E-state index contributed by atoms with van der Waals surface area (Å²) in [5.74, 6) is 0.464. The number of pyridine rings is 1. The second-order valence-electron chi connectivity index (χ2n) is 6.10. The lowest BCUT2D eigenvalue weighted by atomic mass is 10.00. The molecule has 0 amide bonds. The van der Waals surface area contributed by atoms with Crippen molar-refractivity contribution in [1.82, 2.24) is 9.38 Å². The average Bonchev–Trinajstić information content (AvgIpc) is 2.93. The minimum Gasteiger partial charge on any atom is -0.330 e. The van der Waals surface area contributed by atoms with Gasteiger partial charge in [0.1, 0.15) is 5.65 Å².